The van der Waals surface area contributed by atoms with Crippen LogP contribution in [0.5, 0.6) is 0 Å². The number of aliphatic hydroxyl groups excluding tert-OH is 9. The average Bonchev–Trinajstić information content (AvgIpc) is 0.790. The molecule has 121 heavy (non-hydrogen) atoms. The summed E-state index contributed by atoms with van der Waals surface area (Å²) < 4.78 is 169. The van der Waals surface area contributed by atoms with Gasteiger partial charge in [-0.15, -0.1) is 5.60 Å². The van der Waals surface area contributed by atoms with E-state index in [9.17, 15) is 90.2 Å². The maximum atomic E-state index is 16.3. The van der Waals surface area contributed by atoms with Crippen LogP contribution in [0.25, 0.3) is 4.85 Å². The third-order valence-electron chi connectivity index (χ3n) is 18.4. The first-order chi connectivity index (χ1) is 56.9. The second-order valence-corrected chi connectivity index (χ2v) is 42.2. The molecule has 0 aliphatic carbocycles. The van der Waals surface area contributed by atoms with E-state index in [1.54, 1.807) is 41.5 Å². The average molecular weight is 1860 g/mol. The van der Waals surface area contributed by atoms with Gasteiger partial charge in [-0.05, 0) is 80.0 Å². The number of halogens is 4. The fourth-order valence-corrected chi connectivity index (χ4v) is 19.1. The van der Waals surface area contributed by atoms with Gasteiger partial charge in [-0.3, -0.25) is 61.9 Å². The van der Waals surface area contributed by atoms with Crippen molar-refractivity contribution in [2.45, 2.75) is 200 Å². The van der Waals surface area contributed by atoms with Gasteiger partial charge < -0.3 is 107 Å². The maximum absolute atomic E-state index is 16.3. The number of aryl methyl sites for hydroxylation is 4. The molecule has 4 aliphatic rings. The number of H-pyrrole nitrogens is 4. The predicted octanol–water partition coefficient (Wildman–Crippen LogP) is -0.193. The molecule has 40 nitrogen and oxygen atoms in total. The molecule has 0 aromatic carbocycles. The van der Waals surface area contributed by atoms with Gasteiger partial charge in [-0.25, -0.2) is 48.0 Å². The molecule has 0 saturated carbocycles. The number of aromatic amines is 4. The Morgan fingerprint density at radius 1 is 0.628 bits per heavy atom. The van der Waals surface area contributed by atoms with Crippen LogP contribution in [0.15, 0.2) is 86.9 Å². The van der Waals surface area contributed by atoms with Gasteiger partial charge in [-0.1, -0.05) is 40.7 Å². The van der Waals surface area contributed by atoms with Crippen molar-refractivity contribution in [3.63, 3.8) is 0 Å². The van der Waals surface area contributed by atoms with Gasteiger partial charge in [0.1, 0.15) is 75.7 Å². The van der Waals surface area contributed by atoms with Crippen molar-refractivity contribution < 1.29 is 177 Å². The molecule has 0 radical (unpaired) electrons. The van der Waals surface area contributed by atoms with Gasteiger partial charge in [0, 0.05) is 93.7 Å². The molecule has 4 aromatic heterocycles. The minimum Gasteiger partial charge on any atom is -0.850 e. The number of aliphatic hydroxyl groups is 9. The first kappa shape index (κ1) is 111. The SMILES string of the molecule is CC(C)(C)[O-].COP(=O)(CP(=O)(CO)CO)OC.Cc1cn([C@@H]2COC(/C=C/P(=O)(CO)CO)[C@@H](C)[C@H]2F)c(=O)[nH]c1=O.Cc1cn([C@@H]2COC(CO)[C@@H](C)[C@H]2F)c(=O)[nH]c1=O.[2H]CC1OC[C@@H](n2cc(C)c(=O)[nH]c2=O)[C@H](F)[C@@H]1O.[3H]OC.[C-]#[N+]CCOP(O[C@@H]1C(/C=C/P(=O)(CO)CO)OC[C@@H](n2cc(C)c(=O)[nH]c2=O)[C@@H]1F)N(C(C)C)C(C)C.[K+]. The van der Waals surface area contributed by atoms with Crippen molar-refractivity contribution in [2.75, 3.05) is 112 Å². The van der Waals surface area contributed by atoms with Crippen molar-refractivity contribution in [1.29, 1.82) is 1.43 Å². The summed E-state index contributed by atoms with van der Waals surface area (Å²) in [6.07, 6.45) is -9.02. The third kappa shape index (κ3) is 34.3. The summed E-state index contributed by atoms with van der Waals surface area (Å²) in [7, 11) is -11.7. The smallest absolute Gasteiger partial charge is 0.850 e. The number of alkyl halides is 4. The van der Waals surface area contributed by atoms with Crippen LogP contribution in [0.1, 0.15) is 117 Å². The summed E-state index contributed by atoms with van der Waals surface area (Å²) in [5.74, 6) is 0.655. The Morgan fingerprint density at radius 3 is 1.31 bits per heavy atom. The molecule has 17 atom stereocenters. The number of hydrogen-bond acceptors (Lipinski definition) is 31. The zero-order valence-electron chi connectivity index (χ0n) is 72.6. The standard InChI is InChI=1S/C23H37FN4O8P2.C15H22FN2O6P.C12H17FN2O4.C11H15FN2O4.C5H14O6P2.C4H9O.CH4O.K/c1-15(2)28(16(3)4)37(35-9-8-25-6)36-21-19(7-10-38(33,13-29)14-30)34-12-18(20(21)24)27-11-17(5)22(31)26-23(27)32;1-9-5-18(15(22)17-14(9)21)11-6-24-12(10(2)13(11)16)3-4-25(23,7-19)8-20;1-6-3-15(12(18)14-11(6)17)8-5-19-9(4-16)7(2)10(8)13;1-5-3-14(11(17)13-10(5)16)7-4-18-6(2)9(15)8(7)12;1-10-13(9,11-2)5-12(8,3-6)4-7;1-4(2,3)5;1-2;/h7,10-11,15-16,18-21,29-30H,8-9,12-14H2,1-5H3,(H,26,31,32);3-5,10-13,19-20H,6-8H2,1-2H3,(H,17,21,22);3,7-10,16H,4-5H2,1-2H3,(H,14,17,18);3,6-9,15H,4H2,1-2H3,(H,13,16,17);6-7H,3-5H2,1-2H3;1-3H3;2H,1H3;/q;;;;;-1;;+1/b10-7+;4-3+;;;;;;/t18-,19?,20+,21-,37?;10-,11-,12?,13-;7-,8-,9?,10-;6?,7-,8+,9-;;;;/m1111..../s1/i;;;2D;;;2T;. The van der Waals surface area contributed by atoms with Gasteiger partial charge in [0.05, 0.1) is 88.2 Å². The zero-order chi connectivity index (χ0) is 93.4. The quantitative estimate of drug-likeness (QED) is 0.0121. The molecule has 686 valence electrons. The number of nitrogens with zero attached hydrogens (tertiary/aromatic N) is 6. The summed E-state index contributed by atoms with van der Waals surface area (Å²) >= 11 is 0. The summed E-state index contributed by atoms with van der Waals surface area (Å²) in [4.78, 5) is 105. The molecule has 8 heterocycles. The molecule has 8 rings (SSSR count). The summed E-state index contributed by atoms with van der Waals surface area (Å²) in [5, 5.41) is 86.7. The first-order valence-corrected chi connectivity index (χ1v) is 46.6. The molecule has 13 N–H and O–H groups in total. The van der Waals surface area contributed by atoms with Crippen LogP contribution < -0.4 is 101 Å². The van der Waals surface area contributed by atoms with E-state index in [4.69, 9.17) is 62.9 Å². The van der Waals surface area contributed by atoms with Gasteiger partial charge in [0.2, 0.25) is 7.98 Å². The van der Waals surface area contributed by atoms with Crippen molar-refractivity contribution in [3.05, 3.63) is 166 Å². The van der Waals surface area contributed by atoms with Crippen molar-refractivity contribution >= 4 is 37.5 Å². The monoisotopic (exact) mass is 1860 g/mol. The number of hydrogen-bond donors (Lipinski definition) is 13. The molecule has 50 heteroatoms. The van der Waals surface area contributed by atoms with E-state index in [0.717, 1.165) is 38.3 Å². The predicted molar refractivity (Wildman–Crippen MR) is 435 cm³/mol. The zero-order valence-corrected chi connectivity index (χ0v) is 78.2. The molecule has 5 unspecified atom stereocenters. The fourth-order valence-electron chi connectivity index (χ4n) is 11.4. The van der Waals surface area contributed by atoms with Gasteiger partial charge in [0.15, 0.2) is 26.6 Å². The first-order valence-electron chi connectivity index (χ1n) is 38.3. The minimum atomic E-state index is -3.49. The molecular weight excluding hydrogens is 1740 g/mol. The Hall–Kier alpha value is -4.36. The van der Waals surface area contributed by atoms with E-state index < -0.39 is 229 Å². The topological polar surface area (TPSA) is 574 Å². The van der Waals surface area contributed by atoms with E-state index >= 15 is 4.39 Å². The van der Waals surface area contributed by atoms with E-state index in [2.05, 4.69) is 38.9 Å². The second kappa shape index (κ2) is 53.4. The Bertz CT molecular complexity index is 4570. The van der Waals surface area contributed by atoms with Crippen LogP contribution in [0.3, 0.4) is 0 Å². The maximum Gasteiger partial charge on any atom is 1.00 e. The van der Waals surface area contributed by atoms with Crippen LogP contribution in [-0.4, -0.2) is 281 Å². The number of rotatable bonds is 27. The second-order valence-electron chi connectivity index (χ2n) is 29.5. The van der Waals surface area contributed by atoms with E-state index in [-0.39, 0.29) is 133 Å². The van der Waals surface area contributed by atoms with Gasteiger partial charge in [-0.2, -0.15) is 0 Å². The molecule has 4 saturated heterocycles. The van der Waals surface area contributed by atoms with E-state index in [1.165, 1.54) is 70.6 Å². The van der Waals surface area contributed by atoms with Crippen LogP contribution in [0.4, 0.5) is 17.6 Å². The summed E-state index contributed by atoms with van der Waals surface area (Å²) in [6, 6.07) is -4.02. The molecule has 0 amide bonds. The Labute approximate surface area is 742 Å². The Morgan fingerprint density at radius 2 is 0.967 bits per heavy atom. The molecule has 4 aliphatic heterocycles. The van der Waals surface area contributed by atoms with Crippen molar-refractivity contribution in [1.82, 2.24) is 42.9 Å². The van der Waals surface area contributed by atoms with Crippen molar-refractivity contribution in [2.24, 2.45) is 11.8 Å². The number of nitrogens with one attached hydrogen (secondary N) is 4. The molecule has 4 aromatic rings. The Balaban J connectivity index is 0.000000780. The van der Waals surface area contributed by atoms with Crippen LogP contribution in [0, 0.1) is 46.1 Å². The normalized spacial score (nSPS) is 25.0. The molecular formula is C71H118F4KN10O30P5. The van der Waals surface area contributed by atoms with Crippen molar-refractivity contribution in [3.8, 4) is 0 Å². The molecule has 0 spiro atoms. The number of aromatic nitrogens is 8. The summed E-state index contributed by atoms with van der Waals surface area (Å²) in [6.45, 7) is 27.9. The largest absolute Gasteiger partial charge is 1.00 e. The minimum absolute atomic E-state index is 0. The van der Waals surface area contributed by atoms with Crippen LogP contribution in [-0.2, 0) is 55.3 Å². The van der Waals surface area contributed by atoms with Gasteiger partial charge in [0.25, 0.3) is 30.8 Å². The van der Waals surface area contributed by atoms with E-state index in [0.29, 0.717) is 5.56 Å². The third-order valence-corrected chi connectivity index (χ3v) is 29.5. The molecule has 0 bridgehead atoms. The fraction of sp³-hybridized carbons (Fsp3) is 0.704. The molecule has 4 fully saturated rings. The number of ether oxygens (including phenoxy) is 4. The van der Waals surface area contributed by atoms with Crippen LogP contribution >= 0.6 is 37.5 Å². The van der Waals surface area contributed by atoms with Gasteiger partial charge >= 0.3 is 81.7 Å². The van der Waals surface area contributed by atoms with E-state index in [1.807, 2.05) is 32.4 Å². The van der Waals surface area contributed by atoms with Crippen LogP contribution in [0.2, 0.25) is 0 Å². The Kier molecular flexibility index (Phi) is 48.9. The summed E-state index contributed by atoms with van der Waals surface area (Å²) in [5.41, 5.74) is -4.69.